The first-order valence-electron chi connectivity index (χ1n) is 4.41. The Labute approximate surface area is 74.8 Å². The van der Waals surface area contributed by atoms with Crippen molar-refractivity contribution in [1.29, 1.82) is 0 Å². The highest BCUT2D eigenvalue weighted by Gasteiger charge is 2.07. The van der Waals surface area contributed by atoms with Gasteiger partial charge in [0.1, 0.15) is 7.85 Å². The zero-order valence-corrected chi connectivity index (χ0v) is 7.96. The predicted octanol–water partition coefficient (Wildman–Crippen LogP) is 0.697. The molecule has 0 fully saturated rings. The van der Waals surface area contributed by atoms with Crippen LogP contribution in [0.25, 0.3) is 0 Å². The normalized spacial score (nSPS) is 12.9. The molecule has 2 heteroatoms. The van der Waals surface area contributed by atoms with Gasteiger partial charge in [-0.3, -0.25) is 0 Å². The van der Waals surface area contributed by atoms with Crippen LogP contribution in [0.3, 0.4) is 0 Å². The second-order valence-electron chi connectivity index (χ2n) is 3.21. The van der Waals surface area contributed by atoms with Crippen molar-refractivity contribution in [2.75, 3.05) is 0 Å². The van der Waals surface area contributed by atoms with Crippen LogP contribution >= 0.6 is 0 Å². The molecule has 1 N–H and O–H groups in total. The van der Waals surface area contributed by atoms with Gasteiger partial charge in [0.25, 0.3) is 0 Å². The molecule has 0 unspecified atom stereocenters. The molecular weight excluding hydrogens is 147 g/mol. The van der Waals surface area contributed by atoms with Crippen LogP contribution in [0.2, 0.25) is 0 Å². The second-order valence-corrected chi connectivity index (χ2v) is 3.21. The summed E-state index contributed by atoms with van der Waals surface area (Å²) in [5, 5.41) is 9.63. The lowest BCUT2D eigenvalue weighted by Crippen LogP contribution is -2.16. The van der Waals surface area contributed by atoms with Gasteiger partial charge in [0, 0.05) is 0 Å². The summed E-state index contributed by atoms with van der Waals surface area (Å²) in [4.78, 5) is 0. The van der Waals surface area contributed by atoms with Crippen molar-refractivity contribution in [1.82, 2.24) is 0 Å². The second kappa shape index (κ2) is 3.77. The largest absolute Gasteiger partial charge is 0.388 e. The van der Waals surface area contributed by atoms with Gasteiger partial charge in [-0.05, 0) is 18.9 Å². The summed E-state index contributed by atoms with van der Waals surface area (Å²) in [6, 6.07) is 6.06. The summed E-state index contributed by atoms with van der Waals surface area (Å²) in [7, 11) is 2.06. The van der Waals surface area contributed by atoms with Gasteiger partial charge in [0.15, 0.2) is 0 Å². The zero-order chi connectivity index (χ0) is 9.14. The molecule has 0 aromatic heterocycles. The Morgan fingerprint density at radius 3 is 2.75 bits per heavy atom. The number of aliphatic hydroxyl groups is 1. The van der Waals surface area contributed by atoms with Crippen molar-refractivity contribution >= 4 is 13.3 Å². The van der Waals surface area contributed by atoms with E-state index in [1.165, 1.54) is 11.0 Å². The van der Waals surface area contributed by atoms with Crippen LogP contribution in [-0.4, -0.2) is 13.0 Å². The number of aryl methyl sites for hydroxylation is 1. The molecule has 0 radical (unpaired) electrons. The lowest BCUT2D eigenvalue weighted by atomic mass is 9.84. The Balaban J connectivity index is 3.07. The van der Waals surface area contributed by atoms with Crippen LogP contribution in [-0.2, 0) is 0 Å². The molecule has 1 aromatic rings. The highest BCUT2D eigenvalue weighted by atomic mass is 16.3. The first-order chi connectivity index (χ1) is 5.66. The summed E-state index contributed by atoms with van der Waals surface area (Å²) >= 11 is 0. The molecule has 0 aliphatic rings. The summed E-state index contributed by atoms with van der Waals surface area (Å²) in [5.41, 5.74) is 3.53. The molecular formula is C10H15BO. The summed E-state index contributed by atoms with van der Waals surface area (Å²) in [6.07, 6.45) is 0.481. The smallest absolute Gasteiger partial charge is 0.140 e. The summed E-state index contributed by atoms with van der Waals surface area (Å²) in [6.45, 7) is 4.06. The minimum Gasteiger partial charge on any atom is -0.388 e. The first kappa shape index (κ1) is 9.33. The highest BCUT2D eigenvalue weighted by molar-refractivity contribution is 6.34. The average Bonchev–Trinajstić information content (AvgIpc) is 2.08. The van der Waals surface area contributed by atoms with Crippen molar-refractivity contribution in [3.63, 3.8) is 0 Å². The van der Waals surface area contributed by atoms with E-state index in [2.05, 4.69) is 20.8 Å². The zero-order valence-electron chi connectivity index (χ0n) is 7.96. The van der Waals surface area contributed by atoms with E-state index in [1.54, 1.807) is 0 Å². The first-order valence-corrected chi connectivity index (χ1v) is 4.41. The average molecular weight is 162 g/mol. The van der Waals surface area contributed by atoms with E-state index in [0.29, 0.717) is 0 Å². The van der Waals surface area contributed by atoms with Crippen molar-refractivity contribution < 1.29 is 5.11 Å². The van der Waals surface area contributed by atoms with E-state index < -0.39 is 0 Å². The van der Waals surface area contributed by atoms with Crippen LogP contribution in [0.15, 0.2) is 18.2 Å². The third-order valence-electron chi connectivity index (χ3n) is 2.39. The summed E-state index contributed by atoms with van der Waals surface area (Å²) < 4.78 is 0. The maximum Gasteiger partial charge on any atom is 0.140 e. The third-order valence-corrected chi connectivity index (χ3v) is 2.39. The monoisotopic (exact) mass is 162 g/mol. The Bertz CT molecular complexity index is 271. The highest BCUT2D eigenvalue weighted by Crippen LogP contribution is 2.13. The molecule has 0 spiro atoms. The van der Waals surface area contributed by atoms with E-state index in [-0.39, 0.29) is 6.10 Å². The molecule has 0 saturated heterocycles. The van der Waals surface area contributed by atoms with Gasteiger partial charge < -0.3 is 5.11 Å². The summed E-state index contributed by atoms with van der Waals surface area (Å²) in [5.74, 6) is 0. The van der Waals surface area contributed by atoms with Crippen molar-refractivity contribution in [3.05, 3.63) is 29.3 Å². The maximum atomic E-state index is 9.63. The minimum atomic E-state index is -0.301. The molecule has 1 rings (SSSR count). The van der Waals surface area contributed by atoms with Crippen LogP contribution in [0, 0.1) is 6.92 Å². The molecule has 0 aliphatic carbocycles. The molecule has 0 amide bonds. The Morgan fingerprint density at radius 2 is 2.17 bits per heavy atom. The van der Waals surface area contributed by atoms with Gasteiger partial charge in [-0.25, -0.2) is 0 Å². The topological polar surface area (TPSA) is 20.2 Å². The van der Waals surface area contributed by atoms with E-state index in [1.807, 2.05) is 19.1 Å². The fourth-order valence-corrected chi connectivity index (χ4v) is 1.35. The number of hydrogen-bond acceptors (Lipinski definition) is 1. The molecule has 0 bridgehead atoms. The van der Waals surface area contributed by atoms with Gasteiger partial charge in [0.05, 0.1) is 6.10 Å². The fourth-order valence-electron chi connectivity index (χ4n) is 1.35. The van der Waals surface area contributed by atoms with Crippen LogP contribution in [0.4, 0.5) is 0 Å². The Hall–Kier alpha value is -0.755. The molecule has 12 heavy (non-hydrogen) atoms. The number of rotatable bonds is 2. The minimum absolute atomic E-state index is 0.301. The van der Waals surface area contributed by atoms with Gasteiger partial charge in [-0.15, -0.1) is 0 Å². The molecule has 0 aliphatic heterocycles. The predicted molar refractivity (Wildman–Crippen MR) is 54.6 cm³/mol. The van der Waals surface area contributed by atoms with E-state index >= 15 is 0 Å². The molecule has 0 saturated carbocycles. The number of hydrogen-bond donors (Lipinski definition) is 1. The van der Waals surface area contributed by atoms with Gasteiger partial charge in [-0.2, -0.15) is 0 Å². The number of aliphatic hydroxyl groups excluding tert-OH is 1. The Morgan fingerprint density at radius 1 is 1.50 bits per heavy atom. The van der Waals surface area contributed by atoms with Crippen molar-refractivity contribution in [3.8, 4) is 0 Å². The van der Waals surface area contributed by atoms with Crippen LogP contribution in [0.1, 0.15) is 30.6 Å². The van der Waals surface area contributed by atoms with Crippen molar-refractivity contribution in [2.45, 2.75) is 26.4 Å². The van der Waals surface area contributed by atoms with Crippen LogP contribution in [0.5, 0.6) is 0 Å². The SMILES string of the molecule is Bc1c(C)cccc1[C@H](O)CC. The van der Waals surface area contributed by atoms with E-state index in [0.717, 1.165) is 12.0 Å². The molecule has 0 heterocycles. The fraction of sp³-hybridized carbons (Fsp3) is 0.400. The maximum absolute atomic E-state index is 9.63. The van der Waals surface area contributed by atoms with Gasteiger partial charge >= 0.3 is 0 Å². The molecule has 1 aromatic carbocycles. The van der Waals surface area contributed by atoms with Gasteiger partial charge in [-0.1, -0.05) is 36.1 Å². The standard InChI is InChI=1S/C10H15BO/c1-3-9(12)8-6-4-5-7(2)10(8)11/h4-6,9,12H,3,11H2,1-2H3/t9-/m1/s1. The molecule has 64 valence electrons. The number of benzene rings is 1. The molecule has 1 nitrogen and oxygen atoms in total. The van der Waals surface area contributed by atoms with Crippen LogP contribution < -0.4 is 5.46 Å². The van der Waals surface area contributed by atoms with Gasteiger partial charge in [0.2, 0.25) is 0 Å². The molecule has 1 atom stereocenters. The van der Waals surface area contributed by atoms with Crippen molar-refractivity contribution in [2.24, 2.45) is 0 Å². The van der Waals surface area contributed by atoms with E-state index in [4.69, 9.17) is 0 Å². The Kier molecular flexibility index (Phi) is 2.93. The lowest BCUT2D eigenvalue weighted by molar-refractivity contribution is 0.174. The lowest BCUT2D eigenvalue weighted by Gasteiger charge is -2.13. The van der Waals surface area contributed by atoms with E-state index in [9.17, 15) is 5.11 Å². The quantitative estimate of drug-likeness (QED) is 0.634. The third kappa shape index (κ3) is 1.70.